The molecule has 1 aromatic heterocycles. The van der Waals surface area contributed by atoms with Crippen LogP contribution >= 0.6 is 11.8 Å². The van der Waals surface area contributed by atoms with E-state index >= 15 is 0 Å². The van der Waals surface area contributed by atoms with Crippen LogP contribution in [0.15, 0.2) is 71.1 Å². The van der Waals surface area contributed by atoms with Gasteiger partial charge in [0.1, 0.15) is 5.75 Å². The van der Waals surface area contributed by atoms with Crippen molar-refractivity contribution in [2.45, 2.75) is 30.3 Å². The number of carbonyl (C=O) groups excluding carboxylic acids is 1. The molecule has 1 unspecified atom stereocenters. The monoisotopic (exact) mass is 423 g/mol. The third kappa shape index (κ3) is 5.10. The summed E-state index contributed by atoms with van der Waals surface area (Å²) in [7, 11) is 1.63. The van der Waals surface area contributed by atoms with Crippen LogP contribution in [0.2, 0.25) is 0 Å². The van der Waals surface area contributed by atoms with E-state index in [-0.39, 0.29) is 11.5 Å². The zero-order valence-electron chi connectivity index (χ0n) is 17.1. The van der Waals surface area contributed by atoms with Crippen molar-refractivity contribution in [2.24, 2.45) is 0 Å². The molecule has 7 heteroatoms. The molecule has 0 aliphatic heterocycles. The molecule has 1 N–H and O–H groups in total. The summed E-state index contributed by atoms with van der Waals surface area (Å²) in [4.78, 5) is 30.0. The Bertz CT molecular complexity index is 1090. The molecular weight excluding hydrogens is 398 g/mol. The SMILES string of the molecule is C=CCn1c(SC(C)C(=O)NCCc2ccc(OC)cc2)nc2ccccc2c1=O. The average molecular weight is 424 g/mol. The Labute approximate surface area is 180 Å². The quantitative estimate of drug-likeness (QED) is 0.324. The number of amides is 1. The van der Waals surface area contributed by atoms with Crippen molar-refractivity contribution in [3.63, 3.8) is 0 Å². The summed E-state index contributed by atoms with van der Waals surface area (Å²) < 4.78 is 6.71. The number of nitrogens with one attached hydrogen (secondary N) is 1. The van der Waals surface area contributed by atoms with Crippen LogP contribution in [-0.4, -0.2) is 34.4 Å². The van der Waals surface area contributed by atoms with Crippen LogP contribution in [0.4, 0.5) is 0 Å². The maximum absolute atomic E-state index is 12.8. The molecule has 0 bridgehead atoms. The number of allylic oxidation sites excluding steroid dienone is 1. The molecule has 0 spiro atoms. The van der Waals surface area contributed by atoms with E-state index in [4.69, 9.17) is 4.74 Å². The largest absolute Gasteiger partial charge is 0.497 e. The molecule has 0 aliphatic carbocycles. The number of ether oxygens (including phenoxy) is 1. The van der Waals surface area contributed by atoms with Crippen LogP contribution < -0.4 is 15.6 Å². The number of benzene rings is 2. The average Bonchev–Trinajstić information content (AvgIpc) is 2.76. The first-order valence-electron chi connectivity index (χ1n) is 9.71. The molecular formula is C23H25N3O3S. The second-order valence-corrected chi connectivity index (χ2v) is 8.07. The standard InChI is InChI=1S/C23H25N3O3S/c1-4-15-26-22(28)19-7-5-6-8-20(19)25-23(26)30-16(2)21(27)24-14-13-17-9-11-18(29-3)12-10-17/h4-12,16H,1,13-15H2,2-3H3,(H,24,27). The number of carbonyl (C=O) groups is 1. The molecule has 0 saturated heterocycles. The minimum Gasteiger partial charge on any atom is -0.497 e. The van der Waals surface area contributed by atoms with Gasteiger partial charge in [-0.2, -0.15) is 0 Å². The first-order valence-corrected chi connectivity index (χ1v) is 10.6. The molecule has 30 heavy (non-hydrogen) atoms. The van der Waals surface area contributed by atoms with Gasteiger partial charge < -0.3 is 10.1 Å². The number of hydrogen-bond donors (Lipinski definition) is 1. The molecule has 1 amide bonds. The number of thioether (sulfide) groups is 1. The van der Waals surface area contributed by atoms with Crippen molar-refractivity contribution in [1.29, 1.82) is 0 Å². The molecule has 6 nitrogen and oxygen atoms in total. The minimum atomic E-state index is -0.398. The fourth-order valence-corrected chi connectivity index (χ4v) is 3.95. The highest BCUT2D eigenvalue weighted by Gasteiger charge is 2.18. The molecule has 0 radical (unpaired) electrons. The predicted octanol–water partition coefficient (Wildman–Crippen LogP) is 3.43. The van der Waals surface area contributed by atoms with Crippen LogP contribution in [-0.2, 0) is 17.8 Å². The van der Waals surface area contributed by atoms with Crippen LogP contribution in [0.3, 0.4) is 0 Å². The second kappa shape index (κ2) is 10.1. The third-order valence-corrected chi connectivity index (χ3v) is 5.75. The maximum Gasteiger partial charge on any atom is 0.262 e. The molecule has 0 saturated carbocycles. The normalized spacial score (nSPS) is 11.8. The fourth-order valence-electron chi connectivity index (χ4n) is 3.01. The van der Waals surface area contributed by atoms with Gasteiger partial charge >= 0.3 is 0 Å². The first-order chi connectivity index (χ1) is 14.5. The molecule has 1 heterocycles. The molecule has 0 aliphatic rings. The summed E-state index contributed by atoms with van der Waals surface area (Å²) in [6.45, 7) is 6.41. The number of rotatable bonds is 9. The van der Waals surface area contributed by atoms with Gasteiger partial charge in [-0.1, -0.05) is 42.1 Å². The zero-order chi connectivity index (χ0) is 21.5. The number of aromatic nitrogens is 2. The topological polar surface area (TPSA) is 73.2 Å². The number of nitrogens with zero attached hydrogens (tertiary/aromatic N) is 2. The molecule has 3 aromatic rings. The van der Waals surface area contributed by atoms with Gasteiger partial charge in [-0.15, -0.1) is 6.58 Å². The molecule has 0 fully saturated rings. The van der Waals surface area contributed by atoms with Gasteiger partial charge in [0.15, 0.2) is 5.16 Å². The van der Waals surface area contributed by atoms with Crippen LogP contribution in [0.1, 0.15) is 12.5 Å². The number of methoxy groups -OCH3 is 1. The van der Waals surface area contributed by atoms with Gasteiger partial charge in [-0.05, 0) is 43.2 Å². The number of fused-ring (bicyclic) bond motifs is 1. The number of hydrogen-bond acceptors (Lipinski definition) is 5. The number of para-hydroxylation sites is 1. The Hall–Kier alpha value is -3.06. The molecule has 1 atom stereocenters. The summed E-state index contributed by atoms with van der Waals surface area (Å²) >= 11 is 1.27. The van der Waals surface area contributed by atoms with Crippen LogP contribution in [0.25, 0.3) is 10.9 Å². The molecule has 3 rings (SSSR count). The Morgan fingerprint density at radius 2 is 2.00 bits per heavy atom. The van der Waals surface area contributed by atoms with E-state index < -0.39 is 5.25 Å². The molecule has 156 valence electrons. The van der Waals surface area contributed by atoms with E-state index in [1.807, 2.05) is 43.3 Å². The summed E-state index contributed by atoms with van der Waals surface area (Å²) in [6.07, 6.45) is 2.38. The van der Waals surface area contributed by atoms with Crippen molar-refractivity contribution >= 4 is 28.6 Å². The van der Waals surface area contributed by atoms with Gasteiger partial charge in [-0.3, -0.25) is 14.2 Å². The highest BCUT2D eigenvalue weighted by Crippen LogP contribution is 2.22. The van der Waals surface area contributed by atoms with Gasteiger partial charge in [0.2, 0.25) is 5.91 Å². The van der Waals surface area contributed by atoms with E-state index in [9.17, 15) is 9.59 Å². The van der Waals surface area contributed by atoms with Crippen molar-refractivity contribution in [3.8, 4) is 5.75 Å². The fraction of sp³-hybridized carbons (Fsp3) is 0.261. The van der Waals surface area contributed by atoms with E-state index in [1.165, 1.54) is 11.8 Å². The first kappa shape index (κ1) is 21.6. The Morgan fingerprint density at radius 1 is 1.27 bits per heavy atom. The third-order valence-electron chi connectivity index (χ3n) is 4.66. The van der Waals surface area contributed by atoms with Crippen molar-refractivity contribution in [1.82, 2.24) is 14.9 Å². The summed E-state index contributed by atoms with van der Waals surface area (Å²) in [5.74, 6) is 0.710. The Morgan fingerprint density at radius 3 is 2.70 bits per heavy atom. The van der Waals surface area contributed by atoms with Gasteiger partial charge in [0.05, 0.1) is 23.3 Å². The van der Waals surface area contributed by atoms with Gasteiger partial charge in [0, 0.05) is 13.1 Å². The lowest BCUT2D eigenvalue weighted by atomic mass is 10.1. The summed E-state index contributed by atoms with van der Waals surface area (Å²) in [5, 5.41) is 3.62. The highest BCUT2D eigenvalue weighted by atomic mass is 32.2. The van der Waals surface area contributed by atoms with Crippen molar-refractivity contribution < 1.29 is 9.53 Å². The van der Waals surface area contributed by atoms with Crippen molar-refractivity contribution in [3.05, 3.63) is 77.1 Å². The summed E-state index contributed by atoms with van der Waals surface area (Å²) in [5.41, 5.74) is 1.61. The van der Waals surface area contributed by atoms with Crippen LogP contribution in [0.5, 0.6) is 5.75 Å². The Kier molecular flexibility index (Phi) is 7.30. The van der Waals surface area contributed by atoms with E-state index in [0.717, 1.165) is 17.7 Å². The van der Waals surface area contributed by atoms with Gasteiger partial charge in [0.25, 0.3) is 5.56 Å². The smallest absolute Gasteiger partial charge is 0.262 e. The second-order valence-electron chi connectivity index (χ2n) is 6.77. The van der Waals surface area contributed by atoms with E-state index in [0.29, 0.717) is 29.1 Å². The lowest BCUT2D eigenvalue weighted by molar-refractivity contribution is -0.120. The van der Waals surface area contributed by atoms with E-state index in [2.05, 4.69) is 16.9 Å². The lowest BCUT2D eigenvalue weighted by Gasteiger charge is -2.15. The molecule has 2 aromatic carbocycles. The van der Waals surface area contributed by atoms with Gasteiger partial charge in [-0.25, -0.2) is 4.98 Å². The summed E-state index contributed by atoms with van der Waals surface area (Å²) in [6, 6.07) is 15.0. The minimum absolute atomic E-state index is 0.0962. The highest BCUT2D eigenvalue weighted by molar-refractivity contribution is 8.00. The van der Waals surface area contributed by atoms with Crippen LogP contribution in [0, 0.1) is 0 Å². The Balaban J connectivity index is 1.66. The van der Waals surface area contributed by atoms with E-state index in [1.54, 1.807) is 29.9 Å². The predicted molar refractivity (Wildman–Crippen MR) is 121 cm³/mol. The maximum atomic E-state index is 12.8. The lowest BCUT2D eigenvalue weighted by Crippen LogP contribution is -2.33. The van der Waals surface area contributed by atoms with Crippen molar-refractivity contribution in [2.75, 3.05) is 13.7 Å². The zero-order valence-corrected chi connectivity index (χ0v) is 17.9.